The molecule has 96 valence electrons. The molecule has 5 nitrogen and oxygen atoms in total. The maximum Gasteiger partial charge on any atom is 0.212 e. The molecule has 1 aromatic rings. The summed E-state index contributed by atoms with van der Waals surface area (Å²) in [6, 6.07) is 0.191. The highest BCUT2D eigenvalue weighted by Crippen LogP contribution is 2.25. The van der Waals surface area contributed by atoms with Gasteiger partial charge in [-0.2, -0.15) is 0 Å². The Morgan fingerprint density at radius 2 is 2.06 bits per heavy atom. The van der Waals surface area contributed by atoms with Crippen LogP contribution in [0.2, 0.25) is 0 Å². The number of rotatable bonds is 4. The van der Waals surface area contributed by atoms with Gasteiger partial charge in [-0.1, -0.05) is 0 Å². The normalized spacial score (nSPS) is 19.5. The maximum atomic E-state index is 5.73. The lowest BCUT2D eigenvalue weighted by Gasteiger charge is -2.32. The zero-order valence-electron chi connectivity index (χ0n) is 10.6. The Morgan fingerprint density at radius 3 is 2.59 bits per heavy atom. The van der Waals surface area contributed by atoms with Gasteiger partial charge in [0.2, 0.25) is 5.89 Å². The molecular formula is C12H21N3O2. The molecule has 1 fully saturated rings. The van der Waals surface area contributed by atoms with E-state index in [1.807, 2.05) is 13.8 Å². The lowest BCUT2D eigenvalue weighted by atomic mass is 10.1. The number of hydrogen-bond donors (Lipinski definition) is 1. The molecule has 2 heterocycles. The second-order valence-corrected chi connectivity index (χ2v) is 4.44. The molecule has 0 amide bonds. The predicted octanol–water partition coefficient (Wildman–Crippen LogP) is 1.01. The van der Waals surface area contributed by atoms with Crippen molar-refractivity contribution < 1.29 is 9.15 Å². The number of oxazole rings is 1. The zero-order valence-corrected chi connectivity index (χ0v) is 10.6. The van der Waals surface area contributed by atoms with Gasteiger partial charge in [0.05, 0.1) is 24.9 Å². The second kappa shape index (κ2) is 5.62. The molecule has 0 bridgehead atoms. The van der Waals surface area contributed by atoms with Crippen molar-refractivity contribution >= 4 is 0 Å². The van der Waals surface area contributed by atoms with Crippen LogP contribution < -0.4 is 5.73 Å². The van der Waals surface area contributed by atoms with E-state index in [1.165, 1.54) is 0 Å². The Bertz CT molecular complexity index is 339. The Morgan fingerprint density at radius 1 is 1.35 bits per heavy atom. The topological polar surface area (TPSA) is 64.5 Å². The van der Waals surface area contributed by atoms with Crippen LogP contribution in [0.4, 0.5) is 0 Å². The fraction of sp³-hybridized carbons (Fsp3) is 0.750. The van der Waals surface area contributed by atoms with E-state index in [2.05, 4.69) is 9.88 Å². The van der Waals surface area contributed by atoms with Crippen molar-refractivity contribution in [1.29, 1.82) is 0 Å². The van der Waals surface area contributed by atoms with Gasteiger partial charge >= 0.3 is 0 Å². The van der Waals surface area contributed by atoms with Gasteiger partial charge < -0.3 is 14.9 Å². The van der Waals surface area contributed by atoms with Gasteiger partial charge in [0, 0.05) is 13.1 Å². The molecule has 17 heavy (non-hydrogen) atoms. The van der Waals surface area contributed by atoms with Gasteiger partial charge in [-0.25, -0.2) is 4.98 Å². The van der Waals surface area contributed by atoms with Crippen molar-refractivity contribution in [3.63, 3.8) is 0 Å². The summed E-state index contributed by atoms with van der Waals surface area (Å²) in [7, 11) is 0. The van der Waals surface area contributed by atoms with Gasteiger partial charge in [-0.15, -0.1) is 0 Å². The molecule has 1 aromatic heterocycles. The minimum absolute atomic E-state index is 0.191. The highest BCUT2D eigenvalue weighted by atomic mass is 16.5. The van der Waals surface area contributed by atoms with Crippen LogP contribution >= 0.6 is 0 Å². The molecule has 1 aliphatic rings. The van der Waals surface area contributed by atoms with Crippen LogP contribution in [0.5, 0.6) is 0 Å². The molecule has 0 saturated carbocycles. The summed E-state index contributed by atoms with van der Waals surface area (Å²) in [4.78, 5) is 6.85. The Hall–Kier alpha value is -0.910. The number of aromatic nitrogens is 1. The first-order valence-electron chi connectivity index (χ1n) is 6.18. The molecular weight excluding hydrogens is 218 g/mol. The third-order valence-corrected chi connectivity index (χ3v) is 3.26. The smallest absolute Gasteiger partial charge is 0.212 e. The minimum atomic E-state index is 0.191. The van der Waals surface area contributed by atoms with Crippen molar-refractivity contribution in [3.8, 4) is 0 Å². The SMILES string of the molecule is Cc1nc(C(CCN)N2CCOCC2)oc1C. The van der Waals surface area contributed by atoms with Gasteiger partial charge in [0.25, 0.3) is 0 Å². The van der Waals surface area contributed by atoms with E-state index < -0.39 is 0 Å². The monoisotopic (exact) mass is 239 g/mol. The number of nitrogens with two attached hydrogens (primary N) is 1. The standard InChI is InChI=1S/C12H21N3O2/c1-9-10(2)17-12(14-9)11(3-4-13)15-5-7-16-8-6-15/h11H,3-8,13H2,1-2H3. The molecule has 0 spiro atoms. The van der Waals surface area contributed by atoms with Gasteiger partial charge in [0.15, 0.2) is 0 Å². The van der Waals surface area contributed by atoms with Crippen LogP contribution in [-0.2, 0) is 4.74 Å². The largest absolute Gasteiger partial charge is 0.444 e. The first-order valence-corrected chi connectivity index (χ1v) is 6.18. The first kappa shape index (κ1) is 12.5. The Balaban J connectivity index is 2.15. The second-order valence-electron chi connectivity index (χ2n) is 4.44. The number of aryl methyl sites for hydroxylation is 2. The van der Waals surface area contributed by atoms with Crippen LogP contribution in [0.3, 0.4) is 0 Å². The highest BCUT2D eigenvalue weighted by Gasteiger charge is 2.26. The quantitative estimate of drug-likeness (QED) is 0.849. The van der Waals surface area contributed by atoms with E-state index in [-0.39, 0.29) is 6.04 Å². The third-order valence-electron chi connectivity index (χ3n) is 3.26. The van der Waals surface area contributed by atoms with Crippen molar-refractivity contribution in [2.45, 2.75) is 26.3 Å². The first-order chi connectivity index (χ1) is 8.22. The lowest BCUT2D eigenvalue weighted by Crippen LogP contribution is -2.39. The van der Waals surface area contributed by atoms with E-state index >= 15 is 0 Å². The third kappa shape index (κ3) is 2.86. The molecule has 1 unspecified atom stereocenters. The van der Waals surface area contributed by atoms with E-state index in [4.69, 9.17) is 14.9 Å². The lowest BCUT2D eigenvalue weighted by molar-refractivity contribution is 0.00873. The molecule has 0 aliphatic carbocycles. The number of morpholine rings is 1. The van der Waals surface area contributed by atoms with E-state index in [0.29, 0.717) is 6.54 Å². The summed E-state index contributed by atoms with van der Waals surface area (Å²) < 4.78 is 11.1. The summed E-state index contributed by atoms with van der Waals surface area (Å²) in [5.74, 6) is 1.70. The number of ether oxygens (including phenoxy) is 1. The summed E-state index contributed by atoms with van der Waals surface area (Å²) in [5, 5.41) is 0. The fourth-order valence-corrected chi connectivity index (χ4v) is 2.15. The maximum absolute atomic E-state index is 5.73. The molecule has 0 radical (unpaired) electrons. The summed E-state index contributed by atoms with van der Waals surface area (Å²) in [5.41, 5.74) is 6.66. The fourth-order valence-electron chi connectivity index (χ4n) is 2.15. The molecule has 1 aliphatic heterocycles. The summed E-state index contributed by atoms with van der Waals surface area (Å²) in [6.45, 7) is 7.96. The predicted molar refractivity (Wildman–Crippen MR) is 64.8 cm³/mol. The van der Waals surface area contributed by atoms with Crippen LogP contribution in [0.1, 0.15) is 29.8 Å². The van der Waals surface area contributed by atoms with Crippen molar-refractivity contribution in [2.24, 2.45) is 5.73 Å². The molecule has 2 rings (SSSR count). The van der Waals surface area contributed by atoms with Crippen molar-refractivity contribution in [3.05, 3.63) is 17.3 Å². The summed E-state index contributed by atoms with van der Waals surface area (Å²) in [6.07, 6.45) is 0.874. The van der Waals surface area contributed by atoms with Crippen LogP contribution in [-0.4, -0.2) is 42.7 Å². The number of hydrogen-bond acceptors (Lipinski definition) is 5. The van der Waals surface area contributed by atoms with Crippen LogP contribution in [0.25, 0.3) is 0 Å². The van der Waals surface area contributed by atoms with Gasteiger partial charge in [-0.3, -0.25) is 4.90 Å². The van der Waals surface area contributed by atoms with E-state index in [1.54, 1.807) is 0 Å². The zero-order chi connectivity index (χ0) is 12.3. The molecule has 5 heteroatoms. The van der Waals surface area contributed by atoms with Gasteiger partial charge in [-0.05, 0) is 26.8 Å². The minimum Gasteiger partial charge on any atom is -0.444 e. The highest BCUT2D eigenvalue weighted by molar-refractivity contribution is 5.08. The van der Waals surface area contributed by atoms with E-state index in [0.717, 1.165) is 50.1 Å². The molecule has 1 atom stereocenters. The average Bonchev–Trinajstić information content (AvgIpc) is 2.67. The van der Waals surface area contributed by atoms with Crippen molar-refractivity contribution in [2.75, 3.05) is 32.8 Å². The summed E-state index contributed by atoms with van der Waals surface area (Å²) >= 11 is 0. The van der Waals surface area contributed by atoms with Crippen molar-refractivity contribution in [1.82, 2.24) is 9.88 Å². The van der Waals surface area contributed by atoms with Crippen LogP contribution in [0, 0.1) is 13.8 Å². The molecule has 2 N–H and O–H groups in total. The average molecular weight is 239 g/mol. The van der Waals surface area contributed by atoms with E-state index in [9.17, 15) is 0 Å². The van der Waals surface area contributed by atoms with Crippen LogP contribution in [0.15, 0.2) is 4.42 Å². The Kier molecular flexibility index (Phi) is 4.15. The Labute approximate surface area is 102 Å². The van der Waals surface area contributed by atoms with Gasteiger partial charge in [0.1, 0.15) is 5.76 Å². The number of nitrogens with zero attached hydrogens (tertiary/aromatic N) is 2. The molecule has 0 aromatic carbocycles. The molecule has 1 saturated heterocycles.